The van der Waals surface area contributed by atoms with Crippen LogP contribution in [0.1, 0.15) is 99.8 Å². The van der Waals surface area contributed by atoms with Gasteiger partial charge in [0, 0.05) is 64.4 Å². The Morgan fingerprint density at radius 2 is 0.793 bits per heavy atom. The van der Waals surface area contributed by atoms with Crippen molar-refractivity contribution < 1.29 is 19.2 Å². The maximum absolute atomic E-state index is 13.6. The molecule has 278 valence electrons. The van der Waals surface area contributed by atoms with E-state index in [1.165, 1.54) is 43.2 Å². The van der Waals surface area contributed by atoms with Crippen molar-refractivity contribution >= 4 is 90.6 Å². The monoisotopic (exact) mass is 786 g/mol. The van der Waals surface area contributed by atoms with Crippen molar-refractivity contribution in [2.24, 2.45) is 11.8 Å². The second kappa shape index (κ2) is 11.3. The molecule has 6 aliphatic rings. The van der Waals surface area contributed by atoms with Gasteiger partial charge in [0.1, 0.15) is 0 Å². The lowest BCUT2D eigenvalue weighted by Gasteiger charge is -2.33. The Morgan fingerprint density at radius 1 is 0.466 bits per heavy atom. The summed E-state index contributed by atoms with van der Waals surface area (Å²) in [7, 11) is 0. The van der Waals surface area contributed by atoms with Crippen molar-refractivity contribution in [3.05, 3.63) is 184 Å². The largest absolute Gasteiger partial charge is 0.288 e. The highest BCUT2D eigenvalue weighted by Gasteiger charge is 2.47. The summed E-state index contributed by atoms with van der Waals surface area (Å²) in [5.74, 6) is -0.443. The van der Waals surface area contributed by atoms with E-state index in [2.05, 4.69) is 64.1 Å². The summed E-state index contributed by atoms with van der Waals surface area (Å²) in [5, 5.41) is 3.82. The zero-order valence-electron chi connectivity index (χ0n) is 32.2. The smallest absolute Gasteiger partial charge is 0.197 e. The molecule has 0 bridgehead atoms. The number of carbonyl (C=O) groups excluding carboxylic acids is 4. The molecule has 0 amide bonds. The maximum Gasteiger partial charge on any atom is 0.197 e. The molecule has 58 heavy (non-hydrogen) atoms. The first-order valence-electron chi connectivity index (χ1n) is 19.7. The summed E-state index contributed by atoms with van der Waals surface area (Å²) in [5.41, 5.74) is 9.51. The lowest BCUT2D eigenvalue weighted by atomic mass is 9.70. The van der Waals surface area contributed by atoms with Gasteiger partial charge in [-0.05, 0) is 104 Å². The predicted molar refractivity (Wildman–Crippen MR) is 235 cm³/mol. The topological polar surface area (TPSA) is 68.3 Å². The molecule has 0 N–H and O–H groups in total. The first-order chi connectivity index (χ1) is 27.9. The molecule has 0 radical (unpaired) electrons. The fourth-order valence-electron chi connectivity index (χ4n) is 10.3. The van der Waals surface area contributed by atoms with Gasteiger partial charge in [0.25, 0.3) is 0 Å². The Kier molecular flexibility index (Phi) is 6.63. The van der Waals surface area contributed by atoms with Crippen molar-refractivity contribution in [1.29, 1.82) is 0 Å². The van der Waals surface area contributed by atoms with E-state index in [1.807, 2.05) is 84.9 Å². The summed E-state index contributed by atoms with van der Waals surface area (Å²) in [4.78, 5) is 58.7. The Morgan fingerprint density at radius 3 is 1.12 bits per heavy atom. The second-order valence-corrected chi connectivity index (χ2v) is 19.6. The number of benzene rings is 4. The molecule has 6 aromatic rings. The van der Waals surface area contributed by atoms with E-state index in [0.29, 0.717) is 22.3 Å². The van der Waals surface area contributed by atoms with Gasteiger partial charge in [-0.2, -0.15) is 0 Å². The second-order valence-electron chi connectivity index (χ2n) is 17.4. The number of hydrogen-bond donors (Lipinski definition) is 0. The normalized spacial score (nSPS) is 21.5. The average Bonchev–Trinajstić information content (AvgIpc) is 4.02. The molecule has 0 saturated heterocycles. The Balaban J connectivity index is 0.868. The number of rotatable bonds is 2. The summed E-state index contributed by atoms with van der Waals surface area (Å²) in [6.45, 7) is 9.09. The molecule has 0 aliphatic heterocycles. The first kappa shape index (κ1) is 34.0. The molecule has 0 saturated carbocycles. The van der Waals surface area contributed by atoms with Gasteiger partial charge in [-0.3, -0.25) is 19.2 Å². The van der Waals surface area contributed by atoms with Gasteiger partial charge in [0.05, 0.1) is 11.1 Å². The molecular formula is C52H34O4S2. The molecule has 2 unspecified atom stereocenters. The highest BCUT2D eigenvalue weighted by atomic mass is 32.1. The summed E-state index contributed by atoms with van der Waals surface area (Å²) in [6.07, 6.45) is 13.4. The highest BCUT2D eigenvalue weighted by Crippen LogP contribution is 2.60. The molecule has 4 nitrogen and oxygen atoms in total. The Bertz CT molecular complexity index is 2920. The van der Waals surface area contributed by atoms with E-state index in [0.717, 1.165) is 31.3 Å². The summed E-state index contributed by atoms with van der Waals surface area (Å²) < 4.78 is 0. The van der Waals surface area contributed by atoms with Crippen LogP contribution in [0, 0.1) is 11.8 Å². The van der Waals surface area contributed by atoms with E-state index < -0.39 is 0 Å². The molecule has 2 heterocycles. The van der Waals surface area contributed by atoms with Crippen molar-refractivity contribution in [3.8, 4) is 0 Å². The summed E-state index contributed by atoms with van der Waals surface area (Å²) in [6, 6.07) is 27.4. The Hall–Kier alpha value is -6.08. The van der Waals surface area contributed by atoms with Gasteiger partial charge in [-0.15, -0.1) is 22.7 Å². The minimum atomic E-state index is -0.252. The van der Waals surface area contributed by atoms with E-state index >= 15 is 0 Å². The minimum Gasteiger partial charge on any atom is -0.288 e. The van der Waals surface area contributed by atoms with Crippen LogP contribution >= 0.6 is 22.7 Å². The maximum atomic E-state index is 13.6. The fourth-order valence-corrected chi connectivity index (χ4v) is 12.9. The number of carbonyl (C=O) groups is 4. The SMILES string of the molecule is CC1(C)C2=CC3C=C4C(=CC3C=C2c2sc(C=C3C(=O)c5cc6ccccc6cc5C3=O)cc21)C(C)(C)c1cc(C=C2C(=O)c3cc5ccccc5cc3C2=O)sc14. The van der Waals surface area contributed by atoms with Crippen molar-refractivity contribution in [1.82, 2.24) is 0 Å². The number of Topliss-reactive ketones (excluding diaryl/α,β-unsaturated/α-hetero) is 4. The standard InChI is InChI=1S/C52H34O4S2/c1-51(2)41-19-29-18-38-42(52(3,4)44-24-32(58-50(38)44)22-40-47(55)35-15-27-11-7-8-12-28(27)16-36(35)48(40)56)20-30(29)17-37(41)49-43(51)23-31(57-49)21-39-45(53)33-13-25-9-5-6-10-26(25)14-34(33)46(39)54/h5-24,29-30H,1-4H3. The number of hydrogen-bond acceptors (Lipinski definition) is 6. The van der Waals surface area contributed by atoms with Crippen LogP contribution in [0.4, 0.5) is 0 Å². The van der Waals surface area contributed by atoms with Crippen LogP contribution in [0.2, 0.25) is 0 Å². The number of ketones is 4. The minimum absolute atomic E-state index is 0.183. The molecule has 6 aliphatic carbocycles. The van der Waals surface area contributed by atoms with Crippen LogP contribution in [-0.2, 0) is 10.8 Å². The van der Waals surface area contributed by atoms with E-state index in [9.17, 15) is 19.2 Å². The van der Waals surface area contributed by atoms with E-state index in [4.69, 9.17) is 0 Å². The van der Waals surface area contributed by atoms with Crippen molar-refractivity contribution in [3.63, 3.8) is 0 Å². The quantitative estimate of drug-likeness (QED) is 0.129. The lowest BCUT2D eigenvalue weighted by Crippen LogP contribution is -2.24. The predicted octanol–water partition coefficient (Wildman–Crippen LogP) is 12.2. The molecule has 4 aromatic carbocycles. The number of allylic oxidation sites excluding steroid dienone is 10. The molecule has 6 heteroatoms. The molecule has 12 rings (SSSR count). The molecule has 2 atom stereocenters. The van der Waals surface area contributed by atoms with Crippen LogP contribution < -0.4 is 0 Å². The van der Waals surface area contributed by atoms with Crippen LogP contribution in [0.3, 0.4) is 0 Å². The molecular weight excluding hydrogens is 753 g/mol. The van der Waals surface area contributed by atoms with Gasteiger partial charge in [-0.1, -0.05) is 101 Å². The molecule has 2 aromatic heterocycles. The fraction of sp³-hybridized carbons (Fsp3) is 0.154. The van der Waals surface area contributed by atoms with Crippen molar-refractivity contribution in [2.75, 3.05) is 0 Å². The molecule has 0 spiro atoms. The number of thiophene rings is 2. The van der Waals surface area contributed by atoms with Crippen molar-refractivity contribution in [2.45, 2.75) is 38.5 Å². The van der Waals surface area contributed by atoms with Gasteiger partial charge < -0.3 is 0 Å². The van der Waals surface area contributed by atoms with Crippen LogP contribution in [0.15, 0.2) is 132 Å². The third-order valence-corrected chi connectivity index (χ3v) is 15.7. The van der Waals surface area contributed by atoms with Gasteiger partial charge in [0.15, 0.2) is 23.1 Å². The van der Waals surface area contributed by atoms with E-state index in [1.54, 1.807) is 22.7 Å². The van der Waals surface area contributed by atoms with Crippen LogP contribution in [0.25, 0.3) is 44.8 Å². The van der Waals surface area contributed by atoms with Gasteiger partial charge >= 0.3 is 0 Å². The van der Waals surface area contributed by atoms with E-state index in [-0.39, 0.29) is 56.9 Å². The molecule has 0 fully saturated rings. The van der Waals surface area contributed by atoms with Crippen LogP contribution in [0.5, 0.6) is 0 Å². The van der Waals surface area contributed by atoms with Gasteiger partial charge in [0.2, 0.25) is 0 Å². The zero-order valence-corrected chi connectivity index (χ0v) is 33.8. The lowest BCUT2D eigenvalue weighted by molar-refractivity contribution is 0.0975. The summed E-state index contributed by atoms with van der Waals surface area (Å²) >= 11 is 3.33. The zero-order chi connectivity index (χ0) is 39.6. The first-order valence-corrected chi connectivity index (χ1v) is 21.4. The van der Waals surface area contributed by atoms with Gasteiger partial charge in [-0.25, -0.2) is 0 Å². The Labute approximate surface area is 342 Å². The third kappa shape index (κ3) is 4.45. The third-order valence-electron chi connectivity index (χ3n) is 13.4. The average molecular weight is 787 g/mol. The highest BCUT2D eigenvalue weighted by molar-refractivity contribution is 7.15. The number of fused-ring (bicyclic) bond motifs is 11. The van der Waals surface area contributed by atoms with Crippen LogP contribution in [-0.4, -0.2) is 23.1 Å².